The summed E-state index contributed by atoms with van der Waals surface area (Å²) in [4.78, 5) is 21.7. The fourth-order valence-corrected chi connectivity index (χ4v) is 3.82. The van der Waals surface area contributed by atoms with Crippen LogP contribution in [0.5, 0.6) is 0 Å². The third-order valence-electron chi connectivity index (χ3n) is 5.46. The molecule has 0 radical (unpaired) electrons. The summed E-state index contributed by atoms with van der Waals surface area (Å²) < 4.78 is 7.74. The van der Waals surface area contributed by atoms with Gasteiger partial charge in [-0.05, 0) is 37.1 Å². The maximum Gasteiger partial charge on any atom is 0.269 e. The molecule has 0 unspecified atom stereocenters. The molecule has 0 N–H and O–H groups in total. The zero-order chi connectivity index (χ0) is 20.5. The molecule has 0 bridgehead atoms. The number of piperidine rings is 1. The van der Waals surface area contributed by atoms with Crippen molar-refractivity contribution < 1.29 is 9.34 Å². The average Bonchev–Trinajstić information content (AvgIpc) is 3.41. The summed E-state index contributed by atoms with van der Waals surface area (Å²) in [6.07, 6.45) is 3.66. The molecule has 0 amide bonds. The summed E-state index contributed by atoms with van der Waals surface area (Å²) in [6.45, 7) is 2.51. The molecule has 30 heavy (non-hydrogen) atoms. The van der Waals surface area contributed by atoms with Crippen LogP contribution in [0.15, 0.2) is 59.3 Å². The van der Waals surface area contributed by atoms with Crippen LogP contribution in [0.1, 0.15) is 24.7 Å². The highest BCUT2D eigenvalue weighted by molar-refractivity contribution is 5.72. The Labute approximate surface area is 172 Å². The smallest absolute Gasteiger partial charge is 0.269 e. The molecule has 1 aliphatic heterocycles. The molecule has 1 aliphatic rings. The Morgan fingerprint density at radius 3 is 2.60 bits per heavy atom. The molecule has 0 spiro atoms. The van der Waals surface area contributed by atoms with Gasteiger partial charge in [-0.15, -0.1) is 5.10 Å². The quantitative estimate of drug-likeness (QED) is 0.368. The molecule has 152 valence electrons. The summed E-state index contributed by atoms with van der Waals surface area (Å²) in [6, 6.07) is 14.1. The molecular weight excluding hydrogens is 384 g/mol. The first-order chi connectivity index (χ1) is 14.7. The van der Waals surface area contributed by atoms with Crippen molar-refractivity contribution in [3.05, 3.63) is 70.9 Å². The second-order valence-electron chi connectivity index (χ2n) is 7.47. The lowest BCUT2D eigenvalue weighted by molar-refractivity contribution is -0.384. The van der Waals surface area contributed by atoms with Gasteiger partial charge in [0.05, 0.1) is 11.6 Å². The van der Waals surface area contributed by atoms with E-state index < -0.39 is 4.92 Å². The maximum atomic E-state index is 10.8. The minimum absolute atomic E-state index is 0.0556. The van der Waals surface area contributed by atoms with Crippen LogP contribution < -0.4 is 0 Å². The first kappa shape index (κ1) is 18.4. The molecule has 4 aromatic rings. The molecule has 3 heterocycles. The summed E-state index contributed by atoms with van der Waals surface area (Å²) in [5, 5.41) is 15.3. The van der Waals surface area contributed by atoms with Gasteiger partial charge >= 0.3 is 0 Å². The number of nitro benzene ring substituents is 1. The Bertz CT molecular complexity index is 1140. The van der Waals surface area contributed by atoms with Crippen LogP contribution >= 0.6 is 0 Å². The molecule has 1 saturated heterocycles. The Hall–Kier alpha value is -3.59. The third-order valence-corrected chi connectivity index (χ3v) is 5.46. The fraction of sp³-hybridized carbons (Fsp3) is 0.286. The Kier molecular flexibility index (Phi) is 4.72. The lowest BCUT2D eigenvalue weighted by Crippen LogP contribution is -2.34. The predicted molar refractivity (Wildman–Crippen MR) is 110 cm³/mol. The highest BCUT2D eigenvalue weighted by atomic mass is 16.6. The SMILES string of the molecule is O=[N+]([O-])c1ccc(-c2ncn(CN3CCC(c4nc5ccccc5o4)CC3)n2)cc1. The van der Waals surface area contributed by atoms with Gasteiger partial charge < -0.3 is 4.42 Å². The molecule has 0 saturated carbocycles. The number of likely N-dealkylation sites (tertiary alicyclic amines) is 1. The van der Waals surface area contributed by atoms with Crippen molar-refractivity contribution in [2.24, 2.45) is 0 Å². The van der Waals surface area contributed by atoms with E-state index in [-0.39, 0.29) is 5.69 Å². The summed E-state index contributed by atoms with van der Waals surface area (Å²) in [5.74, 6) is 1.73. The van der Waals surface area contributed by atoms with Gasteiger partial charge in [-0.25, -0.2) is 14.6 Å². The Balaban J connectivity index is 1.20. The molecule has 1 fully saturated rings. The minimum atomic E-state index is -0.416. The van der Waals surface area contributed by atoms with E-state index in [1.165, 1.54) is 12.1 Å². The number of nitrogens with zero attached hydrogens (tertiary/aromatic N) is 6. The molecule has 5 rings (SSSR count). The number of para-hydroxylation sites is 2. The zero-order valence-corrected chi connectivity index (χ0v) is 16.2. The fourth-order valence-electron chi connectivity index (χ4n) is 3.82. The van der Waals surface area contributed by atoms with Crippen LogP contribution in [0.2, 0.25) is 0 Å². The van der Waals surface area contributed by atoms with Crippen LogP contribution in [0.4, 0.5) is 5.69 Å². The van der Waals surface area contributed by atoms with Crippen LogP contribution in [-0.2, 0) is 6.67 Å². The predicted octanol–water partition coefficient (Wildman–Crippen LogP) is 3.83. The van der Waals surface area contributed by atoms with E-state index in [0.29, 0.717) is 18.4 Å². The van der Waals surface area contributed by atoms with Crippen LogP contribution in [0.3, 0.4) is 0 Å². The van der Waals surface area contributed by atoms with E-state index >= 15 is 0 Å². The number of nitro groups is 1. The van der Waals surface area contributed by atoms with Crippen molar-refractivity contribution in [1.29, 1.82) is 0 Å². The number of hydrogen-bond acceptors (Lipinski definition) is 7. The first-order valence-electron chi connectivity index (χ1n) is 9.88. The van der Waals surface area contributed by atoms with Gasteiger partial charge in [0.1, 0.15) is 11.8 Å². The minimum Gasteiger partial charge on any atom is -0.440 e. The molecule has 0 aliphatic carbocycles. The van der Waals surface area contributed by atoms with Crippen molar-refractivity contribution in [1.82, 2.24) is 24.6 Å². The van der Waals surface area contributed by atoms with E-state index in [4.69, 9.17) is 4.42 Å². The average molecular weight is 404 g/mol. The summed E-state index contributed by atoms with van der Waals surface area (Å²) in [5.41, 5.74) is 2.57. The van der Waals surface area contributed by atoms with Gasteiger partial charge in [-0.3, -0.25) is 15.0 Å². The van der Waals surface area contributed by atoms with E-state index in [9.17, 15) is 10.1 Å². The highest BCUT2D eigenvalue weighted by Gasteiger charge is 2.25. The zero-order valence-electron chi connectivity index (χ0n) is 16.2. The van der Waals surface area contributed by atoms with Crippen molar-refractivity contribution in [2.75, 3.05) is 13.1 Å². The molecular formula is C21H20N6O3. The standard InChI is InChI=1S/C21H20N6O3/c28-27(29)17-7-5-15(6-8-17)20-22-13-26(24-20)14-25-11-9-16(10-12-25)21-23-18-3-1-2-4-19(18)30-21/h1-8,13,16H,9-12,14H2. The monoisotopic (exact) mass is 404 g/mol. The van der Waals surface area contributed by atoms with E-state index in [0.717, 1.165) is 48.5 Å². The maximum absolute atomic E-state index is 10.8. The highest BCUT2D eigenvalue weighted by Crippen LogP contribution is 2.30. The Morgan fingerprint density at radius 1 is 1.10 bits per heavy atom. The number of hydrogen-bond donors (Lipinski definition) is 0. The van der Waals surface area contributed by atoms with Gasteiger partial charge in [0, 0.05) is 36.7 Å². The van der Waals surface area contributed by atoms with Gasteiger partial charge in [0.15, 0.2) is 17.3 Å². The van der Waals surface area contributed by atoms with Crippen molar-refractivity contribution in [3.8, 4) is 11.4 Å². The second-order valence-corrected chi connectivity index (χ2v) is 7.47. The summed E-state index contributed by atoms with van der Waals surface area (Å²) in [7, 11) is 0. The number of oxazole rings is 1. The third kappa shape index (κ3) is 3.67. The number of non-ortho nitro benzene ring substituents is 1. The molecule has 9 heteroatoms. The van der Waals surface area contributed by atoms with Gasteiger partial charge in [-0.2, -0.15) is 0 Å². The van der Waals surface area contributed by atoms with E-state index in [1.807, 2.05) is 24.3 Å². The number of rotatable bonds is 5. The summed E-state index contributed by atoms with van der Waals surface area (Å²) >= 11 is 0. The lowest BCUT2D eigenvalue weighted by atomic mass is 9.97. The topological polar surface area (TPSA) is 103 Å². The first-order valence-corrected chi connectivity index (χ1v) is 9.88. The molecule has 2 aromatic carbocycles. The van der Waals surface area contributed by atoms with Crippen LogP contribution in [-0.4, -0.2) is 42.7 Å². The van der Waals surface area contributed by atoms with E-state index in [1.54, 1.807) is 23.1 Å². The number of aromatic nitrogens is 4. The second kappa shape index (κ2) is 7.68. The van der Waals surface area contributed by atoms with Crippen molar-refractivity contribution >= 4 is 16.8 Å². The largest absolute Gasteiger partial charge is 0.440 e. The van der Waals surface area contributed by atoms with Gasteiger partial charge in [0.2, 0.25) is 0 Å². The number of fused-ring (bicyclic) bond motifs is 1. The molecule has 9 nitrogen and oxygen atoms in total. The molecule has 0 atom stereocenters. The Morgan fingerprint density at radius 2 is 1.87 bits per heavy atom. The van der Waals surface area contributed by atoms with Crippen molar-refractivity contribution in [2.45, 2.75) is 25.4 Å². The van der Waals surface area contributed by atoms with Gasteiger partial charge in [-0.1, -0.05) is 12.1 Å². The normalized spacial score (nSPS) is 15.6. The van der Waals surface area contributed by atoms with Crippen LogP contribution in [0.25, 0.3) is 22.5 Å². The van der Waals surface area contributed by atoms with Crippen molar-refractivity contribution in [3.63, 3.8) is 0 Å². The lowest BCUT2D eigenvalue weighted by Gasteiger charge is -2.30. The molecule has 2 aromatic heterocycles. The van der Waals surface area contributed by atoms with Gasteiger partial charge in [0.25, 0.3) is 5.69 Å². The van der Waals surface area contributed by atoms with E-state index in [2.05, 4.69) is 20.0 Å². The number of benzene rings is 2. The van der Waals surface area contributed by atoms with Crippen LogP contribution in [0, 0.1) is 10.1 Å².